The number of carbonyl (C=O) groups excluding carboxylic acids is 1. The average Bonchev–Trinajstić information content (AvgIpc) is 2.61. The van der Waals surface area contributed by atoms with Crippen LogP contribution in [0.4, 0.5) is 0 Å². The molecule has 2 saturated heterocycles. The van der Waals surface area contributed by atoms with Gasteiger partial charge in [-0.1, -0.05) is 20.8 Å². The maximum atomic E-state index is 12.1. The highest BCUT2D eigenvalue weighted by Gasteiger charge is 2.34. The van der Waals surface area contributed by atoms with Gasteiger partial charge in [0.15, 0.2) is 0 Å². The number of nitrogens with zero attached hydrogens (tertiary/aromatic N) is 1. The van der Waals surface area contributed by atoms with Crippen molar-refractivity contribution in [3.8, 4) is 0 Å². The quantitative estimate of drug-likeness (QED) is 0.732. The fraction of sp³-hybridized carbons (Fsp3) is 0.923. The van der Waals surface area contributed by atoms with Gasteiger partial charge in [-0.15, -0.1) is 0 Å². The third-order valence-electron chi connectivity index (χ3n) is 3.74. The summed E-state index contributed by atoms with van der Waals surface area (Å²) in [5.74, 6) is 1.87. The van der Waals surface area contributed by atoms with Gasteiger partial charge < -0.3 is 10.2 Å². The molecule has 0 saturated carbocycles. The van der Waals surface area contributed by atoms with Gasteiger partial charge in [0.05, 0.1) is 0 Å². The first-order valence-electron chi connectivity index (χ1n) is 6.44. The molecule has 0 bridgehead atoms. The molecule has 1 N–H and O–H groups in total. The number of nitrogens with one attached hydrogen (secondary N) is 1. The fourth-order valence-corrected chi connectivity index (χ4v) is 2.83. The van der Waals surface area contributed by atoms with Crippen LogP contribution in [0.15, 0.2) is 0 Å². The van der Waals surface area contributed by atoms with Crippen LogP contribution in [0, 0.1) is 17.3 Å². The molecule has 2 heterocycles. The lowest BCUT2D eigenvalue weighted by molar-refractivity contribution is -0.135. The van der Waals surface area contributed by atoms with Crippen LogP contribution in [0.1, 0.15) is 33.6 Å². The summed E-state index contributed by atoms with van der Waals surface area (Å²) in [7, 11) is 0. The van der Waals surface area contributed by atoms with Gasteiger partial charge in [-0.25, -0.2) is 0 Å². The Morgan fingerprint density at radius 1 is 1.31 bits per heavy atom. The summed E-state index contributed by atoms with van der Waals surface area (Å²) in [6.45, 7) is 10.6. The van der Waals surface area contributed by atoms with E-state index in [0.717, 1.165) is 32.1 Å². The Bertz CT molecular complexity index is 270. The smallest absolute Gasteiger partial charge is 0.223 e. The van der Waals surface area contributed by atoms with Gasteiger partial charge in [-0.3, -0.25) is 4.79 Å². The van der Waals surface area contributed by atoms with Crippen LogP contribution in [-0.4, -0.2) is 37.0 Å². The zero-order chi connectivity index (χ0) is 11.8. The van der Waals surface area contributed by atoms with Crippen molar-refractivity contribution in [3.63, 3.8) is 0 Å². The third-order valence-corrected chi connectivity index (χ3v) is 3.74. The Kier molecular flexibility index (Phi) is 3.24. The van der Waals surface area contributed by atoms with Gasteiger partial charge in [0, 0.05) is 19.5 Å². The minimum Gasteiger partial charge on any atom is -0.342 e. The molecule has 0 aromatic heterocycles. The first-order chi connectivity index (χ1) is 7.46. The Morgan fingerprint density at radius 3 is 2.69 bits per heavy atom. The topological polar surface area (TPSA) is 32.3 Å². The van der Waals surface area contributed by atoms with Gasteiger partial charge >= 0.3 is 0 Å². The van der Waals surface area contributed by atoms with E-state index >= 15 is 0 Å². The highest BCUT2D eigenvalue weighted by Crippen LogP contribution is 2.28. The molecule has 2 aliphatic rings. The molecule has 92 valence electrons. The van der Waals surface area contributed by atoms with E-state index in [-0.39, 0.29) is 5.41 Å². The SMILES string of the molecule is CC(C)(C)CC(=O)N1CCC2CNCC2C1. The fourth-order valence-electron chi connectivity index (χ4n) is 2.83. The number of hydrogen-bond donors (Lipinski definition) is 1. The number of piperidine rings is 1. The highest BCUT2D eigenvalue weighted by molar-refractivity contribution is 5.76. The van der Waals surface area contributed by atoms with Crippen molar-refractivity contribution in [1.82, 2.24) is 10.2 Å². The van der Waals surface area contributed by atoms with Crippen LogP contribution < -0.4 is 5.32 Å². The van der Waals surface area contributed by atoms with Crippen LogP contribution in [0.3, 0.4) is 0 Å². The molecular formula is C13H24N2O. The molecule has 2 atom stereocenters. The summed E-state index contributed by atoms with van der Waals surface area (Å²) in [4.78, 5) is 14.2. The van der Waals surface area contributed by atoms with Crippen LogP contribution in [0.2, 0.25) is 0 Å². The molecule has 2 unspecified atom stereocenters. The first kappa shape index (κ1) is 11.9. The van der Waals surface area contributed by atoms with Crippen molar-refractivity contribution >= 4 is 5.91 Å². The summed E-state index contributed by atoms with van der Waals surface area (Å²) in [5, 5.41) is 3.43. The maximum absolute atomic E-state index is 12.1. The molecule has 16 heavy (non-hydrogen) atoms. The number of likely N-dealkylation sites (tertiary alicyclic amines) is 1. The van der Waals surface area contributed by atoms with Crippen LogP contribution in [0.25, 0.3) is 0 Å². The predicted octanol–water partition coefficient (Wildman–Crippen LogP) is 1.49. The molecule has 3 nitrogen and oxygen atoms in total. The Labute approximate surface area is 98.6 Å². The Balaban J connectivity index is 1.89. The number of hydrogen-bond acceptors (Lipinski definition) is 2. The minimum atomic E-state index is 0.113. The second-order valence-electron chi connectivity index (χ2n) is 6.54. The zero-order valence-corrected chi connectivity index (χ0v) is 10.8. The zero-order valence-electron chi connectivity index (χ0n) is 10.8. The van der Waals surface area contributed by atoms with Crippen LogP contribution in [0.5, 0.6) is 0 Å². The van der Waals surface area contributed by atoms with Crippen LogP contribution >= 0.6 is 0 Å². The summed E-state index contributed by atoms with van der Waals surface area (Å²) in [6.07, 6.45) is 1.87. The average molecular weight is 224 g/mol. The molecule has 0 spiro atoms. The molecular weight excluding hydrogens is 200 g/mol. The van der Waals surface area contributed by atoms with E-state index in [1.165, 1.54) is 6.42 Å². The van der Waals surface area contributed by atoms with E-state index in [9.17, 15) is 4.79 Å². The molecule has 0 radical (unpaired) electrons. The second kappa shape index (κ2) is 4.36. The lowest BCUT2D eigenvalue weighted by Crippen LogP contribution is -2.44. The molecule has 0 aliphatic carbocycles. The summed E-state index contributed by atoms with van der Waals surface area (Å²) in [6, 6.07) is 0. The van der Waals surface area contributed by atoms with Gasteiger partial charge in [0.1, 0.15) is 0 Å². The summed E-state index contributed by atoms with van der Waals surface area (Å²) >= 11 is 0. The standard InChI is InChI=1S/C13H24N2O/c1-13(2,3)6-12(16)15-5-4-10-7-14-8-11(10)9-15/h10-11,14H,4-9H2,1-3H3. The minimum absolute atomic E-state index is 0.113. The number of amides is 1. The first-order valence-corrected chi connectivity index (χ1v) is 6.44. The number of carbonyl (C=O) groups is 1. The number of fused-ring (bicyclic) bond motifs is 1. The van der Waals surface area contributed by atoms with Crippen molar-refractivity contribution < 1.29 is 4.79 Å². The second-order valence-corrected chi connectivity index (χ2v) is 6.54. The van der Waals surface area contributed by atoms with E-state index in [0.29, 0.717) is 18.2 Å². The maximum Gasteiger partial charge on any atom is 0.223 e. The van der Waals surface area contributed by atoms with E-state index in [2.05, 4.69) is 31.0 Å². The molecule has 1 amide bonds. The van der Waals surface area contributed by atoms with Gasteiger partial charge in [0.2, 0.25) is 5.91 Å². The van der Waals surface area contributed by atoms with Crippen LogP contribution in [-0.2, 0) is 4.79 Å². The Hall–Kier alpha value is -0.570. The summed E-state index contributed by atoms with van der Waals surface area (Å²) < 4.78 is 0. The molecule has 2 aliphatic heterocycles. The summed E-state index contributed by atoms with van der Waals surface area (Å²) in [5.41, 5.74) is 0.113. The van der Waals surface area contributed by atoms with Gasteiger partial charge in [0.25, 0.3) is 0 Å². The van der Waals surface area contributed by atoms with E-state index in [4.69, 9.17) is 0 Å². The molecule has 0 aromatic rings. The van der Waals surface area contributed by atoms with Crippen molar-refractivity contribution in [3.05, 3.63) is 0 Å². The monoisotopic (exact) mass is 224 g/mol. The molecule has 2 fully saturated rings. The van der Waals surface area contributed by atoms with Gasteiger partial charge in [-0.05, 0) is 36.8 Å². The molecule has 2 rings (SSSR count). The normalized spacial score (nSPS) is 30.3. The lowest BCUT2D eigenvalue weighted by Gasteiger charge is -2.35. The van der Waals surface area contributed by atoms with Gasteiger partial charge in [-0.2, -0.15) is 0 Å². The van der Waals surface area contributed by atoms with E-state index in [1.54, 1.807) is 0 Å². The van der Waals surface area contributed by atoms with Crippen molar-refractivity contribution in [2.45, 2.75) is 33.6 Å². The number of rotatable bonds is 1. The largest absolute Gasteiger partial charge is 0.342 e. The molecule has 0 aromatic carbocycles. The highest BCUT2D eigenvalue weighted by atomic mass is 16.2. The van der Waals surface area contributed by atoms with E-state index in [1.807, 2.05) is 0 Å². The third kappa shape index (κ3) is 2.76. The van der Waals surface area contributed by atoms with Crippen molar-refractivity contribution in [2.24, 2.45) is 17.3 Å². The van der Waals surface area contributed by atoms with E-state index < -0.39 is 0 Å². The Morgan fingerprint density at radius 2 is 2.00 bits per heavy atom. The lowest BCUT2D eigenvalue weighted by atomic mass is 9.87. The van der Waals surface area contributed by atoms with Crippen molar-refractivity contribution in [1.29, 1.82) is 0 Å². The predicted molar refractivity (Wildman–Crippen MR) is 65.1 cm³/mol. The van der Waals surface area contributed by atoms with Crippen molar-refractivity contribution in [2.75, 3.05) is 26.2 Å². The molecule has 3 heteroatoms.